The van der Waals surface area contributed by atoms with Crippen molar-refractivity contribution in [3.63, 3.8) is 0 Å². The molecule has 0 atom stereocenters. The largest absolute Gasteiger partial charge is 0.310 e. The monoisotopic (exact) mass is 1510 g/mol. The SMILES string of the molecule is CC(C)(C)c1cc2ccc3ccc(-c4ccc5c(c4)C(C)(C)c4cc(-c6ccc7c(c6)C(C)(C)c6ccccc6-7)ccc4-5)c4ccc(c1)c2c34.CC1(C)c2ccccc2-c2ccc(N(c3ccccc3)c3cccc(-c4ccc(-c5ccc(-c6cccc(N(c7ccccc7)c7ccc8c(c7)C(C)(C)c7ccccc7-8)c6)cc5)cc4)c3)cc21. The third kappa shape index (κ3) is 11.6. The minimum atomic E-state index is -0.115. The fraction of sp³-hybridized carbons (Fsp3) is 0.138. The topological polar surface area (TPSA) is 6.48 Å². The highest BCUT2D eigenvalue weighted by Crippen LogP contribution is 2.57. The molecule has 118 heavy (non-hydrogen) atoms. The van der Waals surface area contributed by atoms with Gasteiger partial charge in [-0.2, -0.15) is 0 Å². The molecule has 0 radical (unpaired) electrons. The zero-order chi connectivity index (χ0) is 80.3. The first-order valence-electron chi connectivity index (χ1n) is 42.0. The van der Waals surface area contributed by atoms with E-state index in [0.717, 1.165) is 34.1 Å². The maximum absolute atomic E-state index is 2.48. The molecule has 0 heterocycles. The average Bonchev–Trinajstić information content (AvgIpc) is 1.46. The maximum Gasteiger partial charge on any atom is 0.0467 e. The molecule has 0 spiro atoms. The molecule has 18 aromatic rings. The van der Waals surface area contributed by atoms with Crippen LogP contribution < -0.4 is 9.80 Å². The summed E-state index contributed by atoms with van der Waals surface area (Å²) >= 11 is 0. The van der Waals surface area contributed by atoms with Crippen molar-refractivity contribution < 1.29 is 0 Å². The van der Waals surface area contributed by atoms with E-state index < -0.39 is 0 Å². The zero-order valence-electron chi connectivity index (χ0n) is 69.1. The Kier molecular flexibility index (Phi) is 16.6. The molecule has 18 aromatic carbocycles. The van der Waals surface area contributed by atoms with Crippen LogP contribution >= 0.6 is 0 Å². The van der Waals surface area contributed by atoms with E-state index in [1.807, 2.05) is 0 Å². The summed E-state index contributed by atoms with van der Waals surface area (Å²) in [5.41, 5.74) is 42.3. The predicted molar refractivity (Wildman–Crippen MR) is 502 cm³/mol. The molecule has 568 valence electrons. The summed E-state index contributed by atoms with van der Waals surface area (Å²) in [6.07, 6.45) is 0. The van der Waals surface area contributed by atoms with Gasteiger partial charge in [-0.3, -0.25) is 0 Å². The molecule has 0 unspecified atom stereocenters. The molecule has 4 aliphatic rings. The first-order valence-corrected chi connectivity index (χ1v) is 42.0. The Labute approximate surface area is 695 Å². The summed E-state index contributed by atoms with van der Waals surface area (Å²) < 4.78 is 0. The second-order valence-electron chi connectivity index (χ2n) is 36.4. The molecular formula is C116H94N2. The molecule has 0 saturated carbocycles. The van der Waals surface area contributed by atoms with Crippen molar-refractivity contribution in [3.05, 3.63) is 420 Å². The van der Waals surface area contributed by atoms with Crippen molar-refractivity contribution in [2.24, 2.45) is 0 Å². The van der Waals surface area contributed by atoms with E-state index in [1.54, 1.807) is 0 Å². The van der Waals surface area contributed by atoms with E-state index in [4.69, 9.17) is 0 Å². The lowest BCUT2D eigenvalue weighted by atomic mass is 9.79. The third-order valence-electron chi connectivity index (χ3n) is 27.0. The molecule has 0 amide bonds. The fourth-order valence-electron chi connectivity index (χ4n) is 20.5. The highest BCUT2D eigenvalue weighted by molar-refractivity contribution is 6.26. The summed E-state index contributed by atoms with van der Waals surface area (Å²) in [5, 5.41) is 8.08. The van der Waals surface area contributed by atoms with Crippen LogP contribution in [0.25, 0.3) is 132 Å². The lowest BCUT2D eigenvalue weighted by molar-refractivity contribution is 0.591. The number of hydrogen-bond acceptors (Lipinski definition) is 2. The van der Waals surface area contributed by atoms with E-state index in [0.29, 0.717) is 0 Å². The second kappa shape index (κ2) is 27.1. The summed E-state index contributed by atoms with van der Waals surface area (Å²) in [5.74, 6) is 0. The van der Waals surface area contributed by atoms with Crippen LogP contribution in [0.4, 0.5) is 34.1 Å². The van der Waals surface area contributed by atoms with Crippen LogP contribution in [0.15, 0.2) is 370 Å². The van der Waals surface area contributed by atoms with Crippen molar-refractivity contribution in [2.75, 3.05) is 9.80 Å². The standard InChI is InChI=1S/C66H52N2.C50H42/c1-65(2)61-27-13-11-25-57(61)59-39-37-55(43-63(59)65)67(51-19-7-5-8-20-51)53-23-15-17-49(41-53)47-33-29-45(30-34-47)46-31-35-48(36-32-46)50-18-16-24-54(42-50)68(52-21-9-6-10-22-52)56-38-40-60-58-26-12-14-28-62(58)66(3,4)64(60)44-56;1-48(2,3)35-24-33-13-12-29-14-19-36(41-23-18-34(25-35)46(33)47(29)41)32-17-22-40-39-21-16-31(27-44(39)50(6,7)45(40)28-32)30-15-20-38-37-10-8-9-11-42(37)49(4,5)43(38)26-30/h5-44H,1-4H3;8-28H,1-7H3. The Balaban J connectivity index is 0.000000154. The van der Waals surface area contributed by atoms with Crippen molar-refractivity contribution in [1.29, 1.82) is 0 Å². The van der Waals surface area contributed by atoms with Gasteiger partial charge in [0.05, 0.1) is 0 Å². The van der Waals surface area contributed by atoms with Crippen LogP contribution in [0, 0.1) is 0 Å². The van der Waals surface area contributed by atoms with E-state index >= 15 is 0 Å². The first-order chi connectivity index (χ1) is 57.1. The second-order valence-corrected chi connectivity index (χ2v) is 36.4. The van der Waals surface area contributed by atoms with Gasteiger partial charge in [-0.25, -0.2) is 0 Å². The van der Waals surface area contributed by atoms with Gasteiger partial charge in [0, 0.05) is 55.8 Å². The minimum absolute atomic E-state index is 0.00886. The Morgan fingerprint density at radius 1 is 0.186 bits per heavy atom. The number of benzene rings is 18. The van der Waals surface area contributed by atoms with Crippen LogP contribution in [0.3, 0.4) is 0 Å². The molecule has 0 bridgehead atoms. The quantitative estimate of drug-likeness (QED) is 0.119. The van der Waals surface area contributed by atoms with E-state index in [9.17, 15) is 0 Å². The minimum Gasteiger partial charge on any atom is -0.310 e. The molecule has 0 saturated heterocycles. The fourth-order valence-corrected chi connectivity index (χ4v) is 20.5. The van der Waals surface area contributed by atoms with Gasteiger partial charge in [0.15, 0.2) is 0 Å². The summed E-state index contributed by atoms with van der Waals surface area (Å²) in [6, 6.07) is 138. The molecule has 0 aromatic heterocycles. The highest BCUT2D eigenvalue weighted by atomic mass is 15.1. The van der Waals surface area contributed by atoms with Gasteiger partial charge < -0.3 is 9.80 Å². The van der Waals surface area contributed by atoms with Crippen LogP contribution in [0.5, 0.6) is 0 Å². The smallest absolute Gasteiger partial charge is 0.0467 e. The van der Waals surface area contributed by atoms with Gasteiger partial charge in [0.25, 0.3) is 0 Å². The van der Waals surface area contributed by atoms with E-state index in [-0.39, 0.29) is 27.1 Å². The zero-order valence-corrected chi connectivity index (χ0v) is 69.1. The maximum atomic E-state index is 2.48. The summed E-state index contributed by atoms with van der Waals surface area (Å²) in [7, 11) is 0. The van der Waals surface area contributed by atoms with Gasteiger partial charge in [0.2, 0.25) is 0 Å². The van der Waals surface area contributed by atoms with Crippen molar-refractivity contribution in [1.82, 2.24) is 0 Å². The highest BCUT2D eigenvalue weighted by Gasteiger charge is 2.41. The number of nitrogens with zero attached hydrogens (tertiary/aromatic N) is 2. The summed E-state index contributed by atoms with van der Waals surface area (Å²) in [6.45, 7) is 25.9. The molecular weight excluding hydrogens is 1420 g/mol. The number of fused-ring (bicyclic) bond motifs is 12. The van der Waals surface area contributed by atoms with Crippen molar-refractivity contribution in [2.45, 2.75) is 103 Å². The van der Waals surface area contributed by atoms with Crippen molar-refractivity contribution >= 4 is 66.4 Å². The Hall–Kier alpha value is -13.4. The summed E-state index contributed by atoms with van der Waals surface area (Å²) in [4.78, 5) is 4.78. The van der Waals surface area contributed by atoms with Crippen LogP contribution in [0.2, 0.25) is 0 Å². The van der Waals surface area contributed by atoms with Gasteiger partial charge in [0.1, 0.15) is 0 Å². The average molecular weight is 1520 g/mol. The Morgan fingerprint density at radius 3 is 0.898 bits per heavy atom. The van der Waals surface area contributed by atoms with Gasteiger partial charge >= 0.3 is 0 Å². The molecule has 0 aliphatic heterocycles. The lowest BCUT2D eigenvalue weighted by Gasteiger charge is -2.28. The molecule has 0 N–H and O–H groups in total. The normalized spacial score (nSPS) is 14.3. The molecule has 22 rings (SSSR count). The number of hydrogen-bond donors (Lipinski definition) is 0. The molecule has 2 heteroatoms. The van der Waals surface area contributed by atoms with E-state index in [2.05, 4.69) is 456 Å². The molecule has 0 fully saturated rings. The van der Waals surface area contributed by atoms with Crippen molar-refractivity contribution in [3.8, 4) is 100 Å². The van der Waals surface area contributed by atoms with Gasteiger partial charge in [-0.05, 0) is 279 Å². The number of para-hydroxylation sites is 2. The number of rotatable bonds is 11. The number of anilines is 6. The third-order valence-corrected chi connectivity index (χ3v) is 27.0. The first kappa shape index (κ1) is 72.3. The predicted octanol–water partition coefficient (Wildman–Crippen LogP) is 32.1. The van der Waals surface area contributed by atoms with Crippen LogP contribution in [-0.2, 0) is 27.1 Å². The molecule has 2 nitrogen and oxygen atoms in total. The Bertz CT molecular complexity index is 6810. The molecule has 4 aliphatic carbocycles. The van der Waals surface area contributed by atoms with E-state index in [1.165, 1.54) is 183 Å². The lowest BCUT2D eigenvalue weighted by Crippen LogP contribution is -2.16. The Morgan fingerprint density at radius 2 is 0.475 bits per heavy atom. The van der Waals surface area contributed by atoms with Crippen LogP contribution in [0.1, 0.15) is 126 Å². The van der Waals surface area contributed by atoms with Gasteiger partial charge in [-0.1, -0.05) is 355 Å². The van der Waals surface area contributed by atoms with Crippen LogP contribution in [-0.4, -0.2) is 0 Å². The van der Waals surface area contributed by atoms with Gasteiger partial charge in [-0.15, -0.1) is 0 Å².